The minimum absolute atomic E-state index is 0.0552. The monoisotopic (exact) mass is 413 g/mol. The molecule has 1 N–H and O–H groups in total. The second-order valence-electron chi connectivity index (χ2n) is 5.97. The number of amides is 1. The van der Waals surface area contributed by atoms with Gasteiger partial charge in [0.15, 0.2) is 5.69 Å². The van der Waals surface area contributed by atoms with Crippen molar-refractivity contribution in [3.05, 3.63) is 71.2 Å². The van der Waals surface area contributed by atoms with Gasteiger partial charge in [0, 0.05) is 17.7 Å². The Labute approximate surface area is 160 Å². The van der Waals surface area contributed by atoms with Crippen LogP contribution in [0.4, 0.5) is 32.0 Å². The number of carbonyl (C=O) groups is 1. The quantitative estimate of drug-likeness (QED) is 0.594. The van der Waals surface area contributed by atoms with Gasteiger partial charge in [0.25, 0.3) is 5.91 Å². The zero-order valence-corrected chi connectivity index (χ0v) is 14.8. The number of hydrogen-bond acceptors (Lipinski definition) is 2. The molecule has 0 unspecified atom stereocenters. The number of nitrogens with zero attached hydrogens (tertiary/aromatic N) is 2. The van der Waals surface area contributed by atoms with E-state index in [-0.39, 0.29) is 23.4 Å². The summed E-state index contributed by atoms with van der Waals surface area (Å²) < 4.78 is 81.5. The van der Waals surface area contributed by atoms with Gasteiger partial charge in [-0.3, -0.25) is 9.48 Å². The highest BCUT2D eigenvalue weighted by atomic mass is 19.4. The Bertz CT molecular complexity index is 1050. The van der Waals surface area contributed by atoms with E-state index >= 15 is 0 Å². The molecule has 0 saturated heterocycles. The molecule has 0 atom stereocenters. The van der Waals surface area contributed by atoms with Gasteiger partial charge in [0.1, 0.15) is 23.1 Å². The van der Waals surface area contributed by atoms with Crippen molar-refractivity contribution in [1.29, 1.82) is 0 Å². The highest BCUT2D eigenvalue weighted by molar-refractivity contribution is 6.04. The van der Waals surface area contributed by atoms with Crippen LogP contribution in [0.2, 0.25) is 0 Å². The highest BCUT2D eigenvalue weighted by Gasteiger charge is 2.35. The molecule has 4 nitrogen and oxygen atoms in total. The van der Waals surface area contributed by atoms with Crippen molar-refractivity contribution >= 4 is 11.6 Å². The van der Waals surface area contributed by atoms with E-state index in [0.717, 1.165) is 41.1 Å². The number of alkyl halides is 3. The second-order valence-corrected chi connectivity index (χ2v) is 5.97. The lowest BCUT2D eigenvalue weighted by molar-refractivity contribution is -0.141. The van der Waals surface area contributed by atoms with E-state index in [2.05, 4.69) is 5.10 Å². The molecule has 0 aliphatic heterocycles. The molecular weight excluding hydrogens is 400 g/mol. The molecule has 0 fully saturated rings. The van der Waals surface area contributed by atoms with Crippen molar-refractivity contribution < 1.29 is 31.1 Å². The van der Waals surface area contributed by atoms with Crippen molar-refractivity contribution in [2.45, 2.75) is 19.6 Å². The molecule has 3 rings (SSSR count). The van der Waals surface area contributed by atoms with Crippen LogP contribution in [-0.4, -0.2) is 15.7 Å². The Hall–Kier alpha value is -3.30. The Morgan fingerprint density at radius 2 is 1.69 bits per heavy atom. The first-order chi connectivity index (χ1) is 13.6. The fourth-order valence-electron chi connectivity index (χ4n) is 2.68. The predicted octanol–water partition coefficient (Wildman–Crippen LogP) is 5.26. The molecule has 29 heavy (non-hydrogen) atoms. The molecule has 0 saturated carbocycles. The van der Waals surface area contributed by atoms with Gasteiger partial charge in [-0.05, 0) is 43.3 Å². The summed E-state index contributed by atoms with van der Waals surface area (Å²) in [5.74, 6) is -4.00. The SMILES string of the molecule is CCn1nc(C(F)(F)F)cc1-c1ccc(C(=O)Nc2c(F)cccc2F)cc1F. The molecule has 0 aliphatic rings. The Balaban J connectivity index is 1.93. The summed E-state index contributed by atoms with van der Waals surface area (Å²) in [6, 6.07) is 6.69. The van der Waals surface area contributed by atoms with Gasteiger partial charge >= 0.3 is 6.18 Å². The topological polar surface area (TPSA) is 46.9 Å². The molecule has 3 aromatic rings. The van der Waals surface area contributed by atoms with Crippen LogP contribution in [0, 0.1) is 17.5 Å². The molecule has 10 heteroatoms. The number of aromatic nitrogens is 2. The highest BCUT2D eigenvalue weighted by Crippen LogP contribution is 2.33. The van der Waals surface area contributed by atoms with Crippen molar-refractivity contribution in [3.8, 4) is 11.3 Å². The number of carbonyl (C=O) groups excluding carboxylic acids is 1. The molecule has 0 aliphatic carbocycles. The maximum Gasteiger partial charge on any atom is 0.435 e. The van der Waals surface area contributed by atoms with Crippen LogP contribution >= 0.6 is 0 Å². The summed E-state index contributed by atoms with van der Waals surface area (Å²) in [5.41, 5.74) is -2.47. The maximum absolute atomic E-state index is 14.6. The minimum atomic E-state index is -4.70. The van der Waals surface area contributed by atoms with E-state index < -0.39 is 40.9 Å². The van der Waals surface area contributed by atoms with E-state index in [1.165, 1.54) is 0 Å². The summed E-state index contributed by atoms with van der Waals surface area (Å²) in [4.78, 5) is 12.2. The largest absolute Gasteiger partial charge is 0.435 e. The van der Waals surface area contributed by atoms with Gasteiger partial charge in [0.05, 0.1) is 5.69 Å². The standard InChI is InChI=1S/C19H13F6N3O/c1-2-28-15(9-16(27-28)19(23,24)25)11-7-6-10(8-14(11)22)18(29)26-17-12(20)4-3-5-13(17)21/h3-9H,2H2,1H3,(H,26,29). The first kappa shape index (κ1) is 20.4. The molecule has 0 bridgehead atoms. The van der Waals surface area contributed by atoms with Gasteiger partial charge in [-0.1, -0.05) is 6.07 Å². The third-order valence-corrected chi connectivity index (χ3v) is 4.08. The number of aryl methyl sites for hydroxylation is 1. The average molecular weight is 413 g/mol. The van der Waals surface area contributed by atoms with E-state index in [1.807, 2.05) is 5.32 Å². The normalized spacial score (nSPS) is 11.6. The van der Waals surface area contributed by atoms with Gasteiger partial charge in [-0.25, -0.2) is 13.2 Å². The minimum Gasteiger partial charge on any atom is -0.317 e. The summed E-state index contributed by atoms with van der Waals surface area (Å²) in [6.07, 6.45) is -4.70. The lowest BCUT2D eigenvalue weighted by Crippen LogP contribution is -2.14. The van der Waals surface area contributed by atoms with Crippen molar-refractivity contribution in [1.82, 2.24) is 9.78 Å². The lowest BCUT2D eigenvalue weighted by Gasteiger charge is -2.10. The summed E-state index contributed by atoms with van der Waals surface area (Å²) in [5, 5.41) is 5.42. The molecule has 1 aromatic heterocycles. The Kier molecular flexibility index (Phi) is 5.36. The van der Waals surface area contributed by atoms with Crippen LogP contribution in [0.15, 0.2) is 42.5 Å². The molecule has 152 valence electrons. The zero-order valence-electron chi connectivity index (χ0n) is 14.8. The van der Waals surface area contributed by atoms with Crippen LogP contribution in [0.1, 0.15) is 23.0 Å². The van der Waals surface area contributed by atoms with Crippen LogP contribution in [0.3, 0.4) is 0 Å². The molecule has 1 amide bonds. The first-order valence-electron chi connectivity index (χ1n) is 8.32. The Morgan fingerprint density at radius 3 is 2.24 bits per heavy atom. The zero-order chi connectivity index (χ0) is 21.3. The maximum atomic E-state index is 14.6. The van der Waals surface area contributed by atoms with Crippen LogP contribution in [0.5, 0.6) is 0 Å². The summed E-state index contributed by atoms with van der Waals surface area (Å²) >= 11 is 0. The molecule has 1 heterocycles. The molecular formula is C19H13F6N3O. The third-order valence-electron chi connectivity index (χ3n) is 4.08. The molecule has 2 aromatic carbocycles. The number of para-hydroxylation sites is 1. The van der Waals surface area contributed by atoms with Gasteiger partial charge in [-0.15, -0.1) is 0 Å². The average Bonchev–Trinajstić information content (AvgIpc) is 3.09. The number of halogens is 6. The van der Waals surface area contributed by atoms with Crippen LogP contribution < -0.4 is 5.32 Å². The van der Waals surface area contributed by atoms with E-state index in [0.29, 0.717) is 6.07 Å². The summed E-state index contributed by atoms with van der Waals surface area (Å²) in [6.45, 7) is 1.60. The van der Waals surface area contributed by atoms with Crippen LogP contribution in [0.25, 0.3) is 11.3 Å². The van der Waals surface area contributed by atoms with E-state index in [9.17, 15) is 31.1 Å². The van der Waals surface area contributed by atoms with Gasteiger partial charge in [-0.2, -0.15) is 18.3 Å². The van der Waals surface area contributed by atoms with E-state index in [4.69, 9.17) is 0 Å². The Morgan fingerprint density at radius 1 is 1.03 bits per heavy atom. The fraction of sp³-hybridized carbons (Fsp3) is 0.158. The van der Waals surface area contributed by atoms with Crippen molar-refractivity contribution in [2.24, 2.45) is 0 Å². The lowest BCUT2D eigenvalue weighted by atomic mass is 10.1. The van der Waals surface area contributed by atoms with Crippen molar-refractivity contribution in [3.63, 3.8) is 0 Å². The summed E-state index contributed by atoms with van der Waals surface area (Å²) in [7, 11) is 0. The number of hydrogen-bond donors (Lipinski definition) is 1. The number of nitrogens with one attached hydrogen (secondary N) is 1. The van der Waals surface area contributed by atoms with Gasteiger partial charge < -0.3 is 5.32 Å². The molecule has 0 radical (unpaired) electrons. The first-order valence-corrected chi connectivity index (χ1v) is 8.32. The van der Waals surface area contributed by atoms with Gasteiger partial charge in [0.2, 0.25) is 0 Å². The predicted molar refractivity (Wildman–Crippen MR) is 92.6 cm³/mol. The number of benzene rings is 2. The smallest absolute Gasteiger partial charge is 0.317 e. The fourth-order valence-corrected chi connectivity index (χ4v) is 2.68. The number of rotatable bonds is 4. The third kappa shape index (κ3) is 4.10. The van der Waals surface area contributed by atoms with Crippen molar-refractivity contribution in [2.75, 3.05) is 5.32 Å². The molecule has 0 spiro atoms. The second kappa shape index (κ2) is 7.61. The van der Waals surface area contributed by atoms with E-state index in [1.54, 1.807) is 6.92 Å². The number of anilines is 1. The van der Waals surface area contributed by atoms with Crippen LogP contribution in [-0.2, 0) is 12.7 Å².